The number of nitrogens with zero attached hydrogens (tertiary/aromatic N) is 1. The normalized spacial score (nSPS) is 19.1. The molecular formula is C16H22N2O3. The van der Waals surface area contributed by atoms with E-state index in [2.05, 4.69) is 5.32 Å². The molecule has 1 unspecified atom stereocenters. The lowest BCUT2D eigenvalue weighted by Gasteiger charge is -2.29. The number of rotatable bonds is 6. The Morgan fingerprint density at radius 2 is 2.05 bits per heavy atom. The summed E-state index contributed by atoms with van der Waals surface area (Å²) in [4.78, 5) is 24.8. The summed E-state index contributed by atoms with van der Waals surface area (Å²) in [5.74, 6) is -1.13. The van der Waals surface area contributed by atoms with E-state index in [0.29, 0.717) is 26.1 Å². The SMILES string of the molecule is O=C(CN1CCCC(C(=O)O)C1)NCCc1ccccc1. The molecule has 21 heavy (non-hydrogen) atoms. The van der Waals surface area contributed by atoms with Crippen molar-refractivity contribution in [1.82, 2.24) is 10.2 Å². The number of amides is 1. The number of piperidine rings is 1. The van der Waals surface area contributed by atoms with Crippen molar-refractivity contribution in [3.63, 3.8) is 0 Å². The monoisotopic (exact) mass is 290 g/mol. The van der Waals surface area contributed by atoms with Crippen molar-refractivity contribution >= 4 is 11.9 Å². The molecule has 5 heteroatoms. The Morgan fingerprint density at radius 1 is 1.29 bits per heavy atom. The highest BCUT2D eigenvalue weighted by atomic mass is 16.4. The zero-order valence-electron chi connectivity index (χ0n) is 12.1. The van der Waals surface area contributed by atoms with E-state index in [1.165, 1.54) is 5.56 Å². The van der Waals surface area contributed by atoms with Gasteiger partial charge in [0.2, 0.25) is 5.91 Å². The van der Waals surface area contributed by atoms with Gasteiger partial charge in [-0.2, -0.15) is 0 Å². The molecule has 0 radical (unpaired) electrons. The fourth-order valence-corrected chi connectivity index (χ4v) is 2.65. The van der Waals surface area contributed by atoms with Crippen LogP contribution in [0, 0.1) is 5.92 Å². The molecule has 1 aliphatic rings. The summed E-state index contributed by atoms with van der Waals surface area (Å²) < 4.78 is 0. The quantitative estimate of drug-likeness (QED) is 0.824. The lowest BCUT2D eigenvalue weighted by Crippen LogP contribution is -2.44. The highest BCUT2D eigenvalue weighted by molar-refractivity contribution is 5.78. The number of nitrogens with one attached hydrogen (secondary N) is 1. The summed E-state index contributed by atoms with van der Waals surface area (Å²) in [6, 6.07) is 10.0. The van der Waals surface area contributed by atoms with E-state index in [1.807, 2.05) is 35.2 Å². The van der Waals surface area contributed by atoms with Crippen molar-refractivity contribution in [2.75, 3.05) is 26.2 Å². The van der Waals surface area contributed by atoms with Crippen molar-refractivity contribution in [1.29, 1.82) is 0 Å². The van der Waals surface area contributed by atoms with Crippen LogP contribution in [-0.2, 0) is 16.0 Å². The molecule has 1 fully saturated rings. The lowest BCUT2D eigenvalue weighted by atomic mass is 9.98. The minimum Gasteiger partial charge on any atom is -0.481 e. The first-order chi connectivity index (χ1) is 10.1. The summed E-state index contributed by atoms with van der Waals surface area (Å²) in [6.45, 7) is 2.18. The van der Waals surface area contributed by atoms with Crippen molar-refractivity contribution in [2.24, 2.45) is 5.92 Å². The van der Waals surface area contributed by atoms with Gasteiger partial charge in [-0.25, -0.2) is 0 Å². The van der Waals surface area contributed by atoms with Gasteiger partial charge in [0.1, 0.15) is 0 Å². The molecule has 1 saturated heterocycles. The maximum Gasteiger partial charge on any atom is 0.307 e. The van der Waals surface area contributed by atoms with E-state index in [1.54, 1.807) is 0 Å². The molecule has 1 aromatic carbocycles. The summed E-state index contributed by atoms with van der Waals surface area (Å²) >= 11 is 0. The maximum atomic E-state index is 11.9. The van der Waals surface area contributed by atoms with Crippen LogP contribution in [0.3, 0.4) is 0 Å². The fraction of sp³-hybridized carbons (Fsp3) is 0.500. The second kappa shape index (κ2) is 7.78. The largest absolute Gasteiger partial charge is 0.481 e. The molecular weight excluding hydrogens is 268 g/mol. The Balaban J connectivity index is 1.68. The Morgan fingerprint density at radius 3 is 2.76 bits per heavy atom. The summed E-state index contributed by atoms with van der Waals surface area (Å²) in [7, 11) is 0. The van der Waals surface area contributed by atoms with Crippen LogP contribution < -0.4 is 5.32 Å². The van der Waals surface area contributed by atoms with Crippen molar-refractivity contribution < 1.29 is 14.7 Å². The van der Waals surface area contributed by atoms with E-state index >= 15 is 0 Å². The molecule has 1 aromatic rings. The second-order valence-electron chi connectivity index (χ2n) is 5.50. The first-order valence-corrected chi connectivity index (χ1v) is 7.41. The number of likely N-dealkylation sites (tertiary alicyclic amines) is 1. The number of carboxylic acid groups (broad SMARTS) is 1. The molecule has 0 saturated carbocycles. The van der Waals surface area contributed by atoms with Gasteiger partial charge < -0.3 is 10.4 Å². The molecule has 1 amide bonds. The number of hydrogen-bond donors (Lipinski definition) is 2. The molecule has 0 aromatic heterocycles. The number of carboxylic acids is 1. The minimum absolute atomic E-state index is 0.0306. The van der Waals surface area contributed by atoms with E-state index < -0.39 is 5.97 Å². The third kappa shape index (κ3) is 5.19. The predicted octanol–water partition coefficient (Wildman–Crippen LogP) is 1.14. The minimum atomic E-state index is -0.760. The van der Waals surface area contributed by atoms with Gasteiger partial charge in [-0.15, -0.1) is 0 Å². The highest BCUT2D eigenvalue weighted by Crippen LogP contribution is 2.16. The Kier molecular flexibility index (Phi) is 5.75. The Labute approximate surface area is 125 Å². The zero-order valence-corrected chi connectivity index (χ0v) is 12.1. The molecule has 2 N–H and O–H groups in total. The molecule has 5 nitrogen and oxygen atoms in total. The number of carbonyl (C=O) groups excluding carboxylic acids is 1. The van der Waals surface area contributed by atoms with Crippen LogP contribution in [0.5, 0.6) is 0 Å². The van der Waals surface area contributed by atoms with Crippen LogP contribution in [0.1, 0.15) is 18.4 Å². The van der Waals surface area contributed by atoms with Crippen LogP contribution in [0.2, 0.25) is 0 Å². The van der Waals surface area contributed by atoms with Gasteiger partial charge in [0, 0.05) is 13.1 Å². The van der Waals surface area contributed by atoms with Gasteiger partial charge in [0.25, 0.3) is 0 Å². The Bertz CT molecular complexity index is 476. The highest BCUT2D eigenvalue weighted by Gasteiger charge is 2.26. The Hall–Kier alpha value is -1.88. The van der Waals surface area contributed by atoms with Crippen LogP contribution in [0.15, 0.2) is 30.3 Å². The van der Waals surface area contributed by atoms with Crippen molar-refractivity contribution in [2.45, 2.75) is 19.3 Å². The van der Waals surface area contributed by atoms with Gasteiger partial charge in [-0.3, -0.25) is 14.5 Å². The summed E-state index contributed by atoms with van der Waals surface area (Å²) in [5.41, 5.74) is 1.20. The van der Waals surface area contributed by atoms with E-state index in [0.717, 1.165) is 19.4 Å². The predicted molar refractivity (Wildman–Crippen MR) is 80.0 cm³/mol. The van der Waals surface area contributed by atoms with Gasteiger partial charge >= 0.3 is 5.97 Å². The zero-order chi connectivity index (χ0) is 15.1. The second-order valence-corrected chi connectivity index (χ2v) is 5.50. The fourth-order valence-electron chi connectivity index (χ4n) is 2.65. The topological polar surface area (TPSA) is 69.6 Å². The standard InChI is InChI=1S/C16H22N2O3/c19-15(17-9-8-13-5-2-1-3-6-13)12-18-10-4-7-14(11-18)16(20)21/h1-3,5-6,14H,4,7-12H2,(H,17,19)(H,20,21). The average Bonchev–Trinajstić information content (AvgIpc) is 2.48. The summed E-state index contributed by atoms with van der Waals surface area (Å²) in [6.07, 6.45) is 2.36. The third-order valence-electron chi connectivity index (χ3n) is 3.80. The molecule has 0 aliphatic carbocycles. The van der Waals surface area contributed by atoms with Gasteiger partial charge in [0.15, 0.2) is 0 Å². The van der Waals surface area contributed by atoms with Gasteiger partial charge in [-0.05, 0) is 31.4 Å². The van der Waals surface area contributed by atoms with Crippen molar-refractivity contribution in [3.8, 4) is 0 Å². The van der Waals surface area contributed by atoms with Gasteiger partial charge in [0.05, 0.1) is 12.5 Å². The molecule has 1 heterocycles. The van der Waals surface area contributed by atoms with E-state index in [-0.39, 0.29) is 11.8 Å². The first kappa shape index (κ1) is 15.5. The van der Waals surface area contributed by atoms with Crippen LogP contribution in [-0.4, -0.2) is 48.1 Å². The third-order valence-corrected chi connectivity index (χ3v) is 3.80. The first-order valence-electron chi connectivity index (χ1n) is 7.41. The number of carbonyl (C=O) groups is 2. The maximum absolute atomic E-state index is 11.9. The smallest absolute Gasteiger partial charge is 0.307 e. The average molecular weight is 290 g/mol. The molecule has 1 aliphatic heterocycles. The molecule has 0 spiro atoms. The van der Waals surface area contributed by atoms with Gasteiger partial charge in [-0.1, -0.05) is 30.3 Å². The summed E-state index contributed by atoms with van der Waals surface area (Å²) in [5, 5.41) is 11.9. The lowest BCUT2D eigenvalue weighted by molar-refractivity contribution is -0.144. The van der Waals surface area contributed by atoms with Crippen LogP contribution in [0.4, 0.5) is 0 Å². The molecule has 2 rings (SSSR count). The van der Waals surface area contributed by atoms with Crippen LogP contribution >= 0.6 is 0 Å². The molecule has 0 bridgehead atoms. The van der Waals surface area contributed by atoms with Crippen LogP contribution in [0.25, 0.3) is 0 Å². The number of hydrogen-bond acceptors (Lipinski definition) is 3. The molecule has 1 atom stereocenters. The number of benzene rings is 1. The van der Waals surface area contributed by atoms with Crippen molar-refractivity contribution in [3.05, 3.63) is 35.9 Å². The molecule has 114 valence electrons. The van der Waals surface area contributed by atoms with E-state index in [4.69, 9.17) is 5.11 Å². The van der Waals surface area contributed by atoms with E-state index in [9.17, 15) is 9.59 Å². The number of aliphatic carboxylic acids is 1.